The Labute approximate surface area is 119 Å². The van der Waals surface area contributed by atoms with E-state index < -0.39 is 0 Å². The van der Waals surface area contributed by atoms with Gasteiger partial charge in [-0.15, -0.1) is 0 Å². The number of likely N-dealkylation sites (N-methyl/N-ethyl adjacent to an activating group) is 1. The second kappa shape index (κ2) is 7.29. The molecular formula is C16H18ClNO. The van der Waals surface area contributed by atoms with Crippen LogP contribution in [0.3, 0.4) is 0 Å². The highest BCUT2D eigenvalue weighted by atomic mass is 35.5. The van der Waals surface area contributed by atoms with Gasteiger partial charge in [0.25, 0.3) is 0 Å². The number of benzene rings is 2. The van der Waals surface area contributed by atoms with Gasteiger partial charge in [0.2, 0.25) is 0 Å². The fourth-order valence-electron chi connectivity index (χ4n) is 1.95. The van der Waals surface area contributed by atoms with Crippen molar-refractivity contribution >= 4 is 11.6 Å². The predicted molar refractivity (Wildman–Crippen MR) is 79.4 cm³/mol. The molecule has 19 heavy (non-hydrogen) atoms. The van der Waals surface area contributed by atoms with Crippen molar-refractivity contribution in [3.8, 4) is 0 Å². The lowest BCUT2D eigenvalue weighted by Crippen LogP contribution is -2.19. The summed E-state index contributed by atoms with van der Waals surface area (Å²) in [6, 6.07) is 18.0. The Hall–Kier alpha value is -1.35. The molecule has 1 N–H and O–H groups in total. The summed E-state index contributed by atoms with van der Waals surface area (Å²) in [5, 5.41) is 3.90. The van der Waals surface area contributed by atoms with Crippen molar-refractivity contribution < 1.29 is 4.74 Å². The van der Waals surface area contributed by atoms with Crippen molar-refractivity contribution in [2.75, 3.05) is 13.6 Å². The molecule has 0 aromatic heterocycles. The number of ether oxygens (including phenoxy) is 1. The normalized spacial score (nSPS) is 12.3. The van der Waals surface area contributed by atoms with Gasteiger partial charge in [-0.2, -0.15) is 0 Å². The predicted octanol–water partition coefficient (Wildman–Crippen LogP) is 3.82. The molecule has 2 aromatic rings. The molecule has 0 aliphatic rings. The molecule has 0 amide bonds. The Morgan fingerprint density at radius 1 is 1.11 bits per heavy atom. The highest BCUT2D eigenvalue weighted by Crippen LogP contribution is 2.19. The van der Waals surface area contributed by atoms with E-state index in [1.54, 1.807) is 0 Å². The summed E-state index contributed by atoms with van der Waals surface area (Å²) >= 11 is 5.97. The van der Waals surface area contributed by atoms with Gasteiger partial charge in [0, 0.05) is 11.6 Å². The van der Waals surface area contributed by atoms with Crippen molar-refractivity contribution in [1.82, 2.24) is 5.32 Å². The Balaban J connectivity index is 2.01. The van der Waals surface area contributed by atoms with Crippen LogP contribution in [-0.4, -0.2) is 13.6 Å². The molecular weight excluding hydrogens is 258 g/mol. The zero-order valence-electron chi connectivity index (χ0n) is 11.0. The topological polar surface area (TPSA) is 21.3 Å². The molecule has 0 heterocycles. The largest absolute Gasteiger partial charge is 0.368 e. The van der Waals surface area contributed by atoms with Crippen LogP contribution in [0.5, 0.6) is 0 Å². The number of halogens is 1. The van der Waals surface area contributed by atoms with E-state index >= 15 is 0 Å². The number of hydrogen-bond acceptors (Lipinski definition) is 2. The molecule has 0 aliphatic carbocycles. The van der Waals surface area contributed by atoms with E-state index in [1.165, 1.54) is 5.56 Å². The van der Waals surface area contributed by atoms with Crippen molar-refractivity contribution in [1.29, 1.82) is 0 Å². The molecule has 1 atom stereocenters. The Bertz CT molecular complexity index is 501. The summed E-state index contributed by atoms with van der Waals surface area (Å²) in [5.41, 5.74) is 2.27. The van der Waals surface area contributed by atoms with Crippen LogP contribution in [0.4, 0.5) is 0 Å². The third-order valence-electron chi connectivity index (χ3n) is 2.90. The van der Waals surface area contributed by atoms with Gasteiger partial charge in [0.05, 0.1) is 12.7 Å². The minimum absolute atomic E-state index is 0.0465. The van der Waals surface area contributed by atoms with Crippen LogP contribution in [0.15, 0.2) is 54.6 Å². The van der Waals surface area contributed by atoms with E-state index in [4.69, 9.17) is 16.3 Å². The second-order valence-corrected chi connectivity index (χ2v) is 4.83. The molecule has 100 valence electrons. The fraction of sp³-hybridized carbons (Fsp3) is 0.250. The second-order valence-electron chi connectivity index (χ2n) is 4.40. The Morgan fingerprint density at radius 3 is 2.58 bits per heavy atom. The molecule has 0 saturated heterocycles. The van der Waals surface area contributed by atoms with E-state index in [1.807, 2.05) is 49.5 Å². The number of hydrogen-bond donors (Lipinski definition) is 1. The summed E-state index contributed by atoms with van der Waals surface area (Å²) < 4.78 is 5.99. The zero-order chi connectivity index (χ0) is 13.5. The first-order chi connectivity index (χ1) is 9.29. The molecule has 0 fully saturated rings. The first kappa shape index (κ1) is 14.1. The third-order valence-corrected chi connectivity index (χ3v) is 3.14. The van der Waals surface area contributed by atoms with E-state index in [-0.39, 0.29) is 6.10 Å². The maximum atomic E-state index is 5.99. The molecule has 0 saturated carbocycles. The lowest BCUT2D eigenvalue weighted by Gasteiger charge is -2.18. The lowest BCUT2D eigenvalue weighted by atomic mass is 10.1. The minimum atomic E-state index is 0.0465. The van der Waals surface area contributed by atoms with Crippen molar-refractivity contribution in [3.63, 3.8) is 0 Å². The van der Waals surface area contributed by atoms with Crippen molar-refractivity contribution in [2.45, 2.75) is 12.7 Å². The quantitative estimate of drug-likeness (QED) is 0.865. The van der Waals surface area contributed by atoms with Gasteiger partial charge >= 0.3 is 0 Å². The van der Waals surface area contributed by atoms with Crippen LogP contribution < -0.4 is 5.32 Å². The monoisotopic (exact) mass is 275 g/mol. The third kappa shape index (κ3) is 4.35. The molecule has 0 aliphatic heterocycles. The van der Waals surface area contributed by atoms with Gasteiger partial charge in [-0.25, -0.2) is 0 Å². The van der Waals surface area contributed by atoms with Crippen molar-refractivity contribution in [2.24, 2.45) is 0 Å². The van der Waals surface area contributed by atoms with Gasteiger partial charge in [0.1, 0.15) is 0 Å². The van der Waals surface area contributed by atoms with Gasteiger partial charge in [0.15, 0.2) is 0 Å². The molecule has 2 rings (SSSR count). The first-order valence-electron chi connectivity index (χ1n) is 6.35. The van der Waals surface area contributed by atoms with Crippen LogP contribution in [0.2, 0.25) is 5.02 Å². The van der Waals surface area contributed by atoms with Gasteiger partial charge in [-0.05, 0) is 30.3 Å². The average Bonchev–Trinajstić information content (AvgIpc) is 2.44. The van der Waals surface area contributed by atoms with Crippen LogP contribution in [0.25, 0.3) is 0 Å². The van der Waals surface area contributed by atoms with Gasteiger partial charge in [-0.3, -0.25) is 0 Å². The van der Waals surface area contributed by atoms with E-state index in [0.29, 0.717) is 6.61 Å². The van der Waals surface area contributed by atoms with Gasteiger partial charge in [-0.1, -0.05) is 54.1 Å². The Morgan fingerprint density at radius 2 is 1.89 bits per heavy atom. The number of nitrogens with one attached hydrogen (secondary N) is 1. The molecule has 0 radical (unpaired) electrons. The van der Waals surface area contributed by atoms with Crippen LogP contribution in [0.1, 0.15) is 17.2 Å². The SMILES string of the molecule is CNCC(OCc1cccc(Cl)c1)c1ccccc1. The maximum Gasteiger partial charge on any atom is 0.0953 e. The smallest absolute Gasteiger partial charge is 0.0953 e. The van der Waals surface area contributed by atoms with Crippen molar-refractivity contribution in [3.05, 3.63) is 70.7 Å². The standard InChI is InChI=1S/C16H18ClNO/c1-18-11-16(14-7-3-2-4-8-14)19-12-13-6-5-9-15(17)10-13/h2-10,16,18H,11-12H2,1H3. The molecule has 0 spiro atoms. The molecule has 2 aromatic carbocycles. The summed E-state index contributed by atoms with van der Waals surface area (Å²) in [5.74, 6) is 0. The van der Waals surface area contributed by atoms with Crippen LogP contribution >= 0.6 is 11.6 Å². The maximum absolute atomic E-state index is 5.99. The minimum Gasteiger partial charge on any atom is -0.368 e. The number of rotatable bonds is 6. The summed E-state index contributed by atoms with van der Waals surface area (Å²) in [4.78, 5) is 0. The summed E-state index contributed by atoms with van der Waals surface area (Å²) in [7, 11) is 1.93. The lowest BCUT2D eigenvalue weighted by molar-refractivity contribution is 0.0411. The van der Waals surface area contributed by atoms with Crippen LogP contribution in [0, 0.1) is 0 Å². The van der Waals surface area contributed by atoms with E-state index in [2.05, 4.69) is 17.4 Å². The van der Waals surface area contributed by atoms with E-state index in [0.717, 1.165) is 17.1 Å². The molecule has 2 nitrogen and oxygen atoms in total. The summed E-state index contributed by atoms with van der Waals surface area (Å²) in [6.07, 6.45) is 0.0465. The molecule has 0 bridgehead atoms. The highest BCUT2D eigenvalue weighted by molar-refractivity contribution is 6.30. The first-order valence-corrected chi connectivity index (χ1v) is 6.73. The highest BCUT2D eigenvalue weighted by Gasteiger charge is 2.10. The molecule has 1 unspecified atom stereocenters. The Kier molecular flexibility index (Phi) is 5.40. The van der Waals surface area contributed by atoms with E-state index in [9.17, 15) is 0 Å². The fourth-order valence-corrected chi connectivity index (χ4v) is 2.16. The summed E-state index contributed by atoms with van der Waals surface area (Å²) in [6.45, 7) is 1.34. The van der Waals surface area contributed by atoms with Crippen LogP contribution in [-0.2, 0) is 11.3 Å². The molecule has 3 heteroatoms. The zero-order valence-corrected chi connectivity index (χ0v) is 11.7. The average molecular weight is 276 g/mol. The van der Waals surface area contributed by atoms with Gasteiger partial charge < -0.3 is 10.1 Å².